The average Bonchev–Trinajstić information content (AvgIpc) is 2.65. The summed E-state index contributed by atoms with van der Waals surface area (Å²) in [5, 5.41) is 14.1. The van der Waals surface area contributed by atoms with E-state index in [2.05, 4.69) is 37.3 Å². The van der Waals surface area contributed by atoms with Crippen molar-refractivity contribution in [2.75, 3.05) is 0 Å². The first kappa shape index (κ1) is 12.6. The molecule has 15 heavy (non-hydrogen) atoms. The minimum absolute atomic E-state index is 0.338. The van der Waals surface area contributed by atoms with Gasteiger partial charge in [0.15, 0.2) is 0 Å². The van der Waals surface area contributed by atoms with Crippen LogP contribution in [-0.2, 0) is 0 Å². The summed E-state index contributed by atoms with van der Waals surface area (Å²) in [5.41, 5.74) is 0.954. The third-order valence-electron chi connectivity index (χ3n) is 2.71. The van der Waals surface area contributed by atoms with Crippen molar-refractivity contribution in [1.82, 2.24) is 9.59 Å². The zero-order valence-electron chi connectivity index (χ0n) is 9.90. The van der Waals surface area contributed by atoms with Crippen LogP contribution in [0.25, 0.3) is 0 Å². The van der Waals surface area contributed by atoms with E-state index < -0.39 is 6.10 Å². The van der Waals surface area contributed by atoms with Crippen molar-refractivity contribution < 1.29 is 5.11 Å². The van der Waals surface area contributed by atoms with Gasteiger partial charge < -0.3 is 5.11 Å². The Bertz CT molecular complexity index is 299. The molecule has 1 aromatic heterocycles. The molecule has 86 valence electrons. The van der Waals surface area contributed by atoms with Crippen LogP contribution in [0, 0.1) is 5.92 Å². The molecule has 0 radical (unpaired) electrons. The summed E-state index contributed by atoms with van der Waals surface area (Å²) in [5.74, 6) is 0.882. The van der Waals surface area contributed by atoms with Gasteiger partial charge in [-0.15, -0.1) is 5.10 Å². The van der Waals surface area contributed by atoms with Crippen LogP contribution in [-0.4, -0.2) is 14.7 Å². The predicted octanol–water partition coefficient (Wildman–Crippen LogP) is 3.13. The van der Waals surface area contributed by atoms with Gasteiger partial charge in [-0.1, -0.05) is 38.6 Å². The Kier molecular flexibility index (Phi) is 4.67. The maximum atomic E-state index is 10.1. The van der Waals surface area contributed by atoms with E-state index >= 15 is 0 Å². The minimum atomic E-state index is -0.391. The maximum Gasteiger partial charge on any atom is 0.0919 e. The topological polar surface area (TPSA) is 46.0 Å². The molecule has 0 aromatic carbocycles. The van der Waals surface area contributed by atoms with Crippen LogP contribution in [0.15, 0.2) is 0 Å². The summed E-state index contributed by atoms with van der Waals surface area (Å²) in [4.78, 5) is 0.949. The van der Waals surface area contributed by atoms with Gasteiger partial charge in [0.25, 0.3) is 0 Å². The van der Waals surface area contributed by atoms with Crippen molar-refractivity contribution in [2.24, 2.45) is 5.92 Å². The molecule has 1 heterocycles. The van der Waals surface area contributed by atoms with E-state index in [1.165, 1.54) is 11.5 Å². The molecular weight excluding hydrogens is 208 g/mol. The number of nitrogens with zero attached hydrogens (tertiary/aromatic N) is 2. The van der Waals surface area contributed by atoms with E-state index in [-0.39, 0.29) is 0 Å². The lowest BCUT2D eigenvalue weighted by Crippen LogP contribution is -2.05. The van der Waals surface area contributed by atoms with Crippen molar-refractivity contribution in [1.29, 1.82) is 0 Å². The van der Waals surface area contributed by atoms with Crippen LogP contribution in [0.3, 0.4) is 0 Å². The summed E-state index contributed by atoms with van der Waals surface area (Å²) in [6.45, 7) is 8.46. The number of aliphatic hydroxyl groups excluding tert-OH is 1. The van der Waals surface area contributed by atoms with E-state index in [0.29, 0.717) is 11.8 Å². The average molecular weight is 228 g/mol. The number of aromatic nitrogens is 2. The third kappa shape index (κ3) is 3.24. The van der Waals surface area contributed by atoms with E-state index in [9.17, 15) is 5.11 Å². The smallest absolute Gasteiger partial charge is 0.0919 e. The second-order valence-electron chi connectivity index (χ2n) is 4.44. The second kappa shape index (κ2) is 5.56. The Balaban J connectivity index is 2.72. The number of hydrogen-bond donors (Lipinski definition) is 1. The van der Waals surface area contributed by atoms with Gasteiger partial charge in [0.1, 0.15) is 0 Å². The zero-order chi connectivity index (χ0) is 11.4. The van der Waals surface area contributed by atoms with Crippen LogP contribution in [0.5, 0.6) is 0 Å². The lowest BCUT2D eigenvalue weighted by atomic mass is 9.98. The van der Waals surface area contributed by atoms with Gasteiger partial charge in [0.05, 0.1) is 16.7 Å². The molecular formula is C11H20N2OS. The molecule has 2 unspecified atom stereocenters. The summed E-state index contributed by atoms with van der Waals surface area (Å²) in [6.07, 6.45) is 1.51. The Morgan fingerprint density at radius 1 is 1.33 bits per heavy atom. The van der Waals surface area contributed by atoms with E-state index in [1.54, 1.807) is 0 Å². The van der Waals surface area contributed by atoms with Crippen molar-refractivity contribution in [3.05, 3.63) is 10.6 Å². The van der Waals surface area contributed by atoms with Gasteiger partial charge in [-0.3, -0.25) is 0 Å². The molecule has 0 saturated heterocycles. The van der Waals surface area contributed by atoms with Crippen molar-refractivity contribution in [2.45, 2.75) is 52.6 Å². The van der Waals surface area contributed by atoms with Gasteiger partial charge in [-0.05, 0) is 29.8 Å². The highest BCUT2D eigenvalue weighted by Crippen LogP contribution is 2.30. The first-order valence-electron chi connectivity index (χ1n) is 5.56. The number of hydrogen-bond acceptors (Lipinski definition) is 4. The van der Waals surface area contributed by atoms with E-state index in [1.807, 2.05) is 0 Å². The molecule has 0 aliphatic rings. The van der Waals surface area contributed by atoms with Crippen LogP contribution in [0.1, 0.15) is 63.1 Å². The highest BCUT2D eigenvalue weighted by Gasteiger charge is 2.20. The molecule has 0 amide bonds. The molecule has 1 N–H and O–H groups in total. The molecule has 0 bridgehead atoms. The summed E-state index contributed by atoms with van der Waals surface area (Å²) in [6, 6.07) is 0. The fraction of sp³-hybridized carbons (Fsp3) is 0.818. The van der Waals surface area contributed by atoms with Crippen molar-refractivity contribution >= 4 is 11.5 Å². The van der Waals surface area contributed by atoms with Crippen molar-refractivity contribution in [3.8, 4) is 0 Å². The van der Waals surface area contributed by atoms with Gasteiger partial charge in [-0.25, -0.2) is 0 Å². The normalized spacial score (nSPS) is 15.6. The highest BCUT2D eigenvalue weighted by molar-refractivity contribution is 7.05. The molecule has 0 saturated carbocycles. The fourth-order valence-corrected chi connectivity index (χ4v) is 2.30. The molecule has 1 rings (SSSR count). The predicted molar refractivity (Wildman–Crippen MR) is 63.0 cm³/mol. The fourth-order valence-electron chi connectivity index (χ4n) is 1.49. The van der Waals surface area contributed by atoms with E-state index in [0.717, 1.165) is 23.4 Å². The van der Waals surface area contributed by atoms with Crippen LogP contribution < -0.4 is 0 Å². The van der Waals surface area contributed by atoms with Crippen molar-refractivity contribution in [3.63, 3.8) is 0 Å². The first-order chi connectivity index (χ1) is 7.06. The van der Waals surface area contributed by atoms with Gasteiger partial charge in [0, 0.05) is 0 Å². The molecule has 4 heteroatoms. The summed E-state index contributed by atoms with van der Waals surface area (Å²) < 4.78 is 3.93. The lowest BCUT2D eigenvalue weighted by Gasteiger charge is -2.14. The van der Waals surface area contributed by atoms with Gasteiger partial charge in [-0.2, -0.15) is 0 Å². The Labute approximate surface area is 95.7 Å². The minimum Gasteiger partial charge on any atom is -0.387 e. The molecule has 0 aliphatic heterocycles. The molecule has 1 aromatic rings. The highest BCUT2D eigenvalue weighted by atomic mass is 32.1. The standard InChI is InChI=1S/C11H20N2OS/c1-5-8(4)6-9(14)11-10(7(2)3)12-13-15-11/h7-9,14H,5-6H2,1-4H3. The quantitative estimate of drug-likeness (QED) is 0.842. The SMILES string of the molecule is CCC(C)CC(O)c1snnc1C(C)C. The van der Waals surface area contributed by atoms with Crippen LogP contribution in [0.4, 0.5) is 0 Å². The van der Waals surface area contributed by atoms with Gasteiger partial charge >= 0.3 is 0 Å². The molecule has 0 spiro atoms. The Morgan fingerprint density at radius 3 is 2.53 bits per heavy atom. The summed E-state index contributed by atoms with van der Waals surface area (Å²) in [7, 11) is 0. The Hall–Kier alpha value is -0.480. The number of rotatable bonds is 5. The maximum absolute atomic E-state index is 10.1. The first-order valence-corrected chi connectivity index (χ1v) is 6.33. The summed E-state index contributed by atoms with van der Waals surface area (Å²) >= 11 is 1.33. The lowest BCUT2D eigenvalue weighted by molar-refractivity contribution is 0.148. The monoisotopic (exact) mass is 228 g/mol. The largest absolute Gasteiger partial charge is 0.387 e. The molecule has 0 fully saturated rings. The van der Waals surface area contributed by atoms with Crippen LogP contribution in [0.2, 0.25) is 0 Å². The second-order valence-corrected chi connectivity index (χ2v) is 5.23. The van der Waals surface area contributed by atoms with Crippen LogP contribution >= 0.6 is 11.5 Å². The van der Waals surface area contributed by atoms with E-state index in [4.69, 9.17) is 0 Å². The number of aliphatic hydroxyl groups is 1. The zero-order valence-corrected chi connectivity index (χ0v) is 10.7. The Morgan fingerprint density at radius 2 is 2.00 bits per heavy atom. The third-order valence-corrected chi connectivity index (χ3v) is 3.55. The molecule has 0 aliphatic carbocycles. The molecule has 2 atom stereocenters. The molecule has 3 nitrogen and oxygen atoms in total. The van der Waals surface area contributed by atoms with Gasteiger partial charge in [0.2, 0.25) is 0 Å².